The Morgan fingerprint density at radius 3 is 2.29 bits per heavy atom. The number of aliphatic hydroxyl groups excluding tert-OH is 2. The quantitative estimate of drug-likeness (QED) is 0.378. The number of hydrogen-bond donors (Lipinski definition) is 4. The van der Waals surface area contributed by atoms with Crippen LogP contribution in [0.2, 0.25) is 0 Å². The van der Waals surface area contributed by atoms with Gasteiger partial charge in [0.05, 0.1) is 24.9 Å². The van der Waals surface area contributed by atoms with Crippen molar-refractivity contribution in [2.24, 2.45) is 0 Å². The van der Waals surface area contributed by atoms with E-state index < -0.39 is 68.6 Å². The van der Waals surface area contributed by atoms with Crippen molar-refractivity contribution in [1.29, 1.82) is 0 Å². The summed E-state index contributed by atoms with van der Waals surface area (Å²) in [7, 11) is -9.84. The van der Waals surface area contributed by atoms with E-state index in [1.54, 1.807) is 29.6 Å². The van der Waals surface area contributed by atoms with Crippen LogP contribution in [0.5, 0.6) is 5.75 Å². The van der Waals surface area contributed by atoms with Gasteiger partial charge in [-0.05, 0) is 29.7 Å². The first-order valence-corrected chi connectivity index (χ1v) is 11.3. The Kier molecular flexibility index (Phi) is 5.78. The van der Waals surface area contributed by atoms with Crippen molar-refractivity contribution in [2.45, 2.75) is 35.7 Å². The molecule has 1 aliphatic rings. The highest BCUT2D eigenvalue weighted by Crippen LogP contribution is 3.02. The fraction of sp³-hybridized carbons (Fsp3) is 0.316. The summed E-state index contributed by atoms with van der Waals surface area (Å²) in [5, 5.41) is 23.8. The highest BCUT2D eigenvalue weighted by atomic mass is 32.5. The van der Waals surface area contributed by atoms with Gasteiger partial charge in [-0.3, -0.25) is 0 Å². The van der Waals surface area contributed by atoms with Crippen LogP contribution in [0, 0.1) is 0 Å². The van der Waals surface area contributed by atoms with Crippen LogP contribution < -0.4 is 15.4 Å². The molecule has 3 rings (SSSR count). The zero-order valence-corrected chi connectivity index (χ0v) is 17.9. The first kappa shape index (κ1) is 25.8. The van der Waals surface area contributed by atoms with Crippen molar-refractivity contribution >= 4 is 21.9 Å². The number of alkyl halides is 3. The molecular formula is C19H18F8N2O4S. The number of rotatable bonds is 5. The number of carbonyl (C=O) groups excluding carboxylic acids is 1. The van der Waals surface area contributed by atoms with Gasteiger partial charge in [-0.2, -0.15) is 13.2 Å². The Hall–Kier alpha value is -2.78. The highest BCUT2D eigenvalue weighted by molar-refractivity contribution is 8.45. The number of anilines is 1. The Morgan fingerprint density at radius 1 is 1.15 bits per heavy atom. The molecule has 0 aliphatic heterocycles. The molecule has 0 bridgehead atoms. The molecule has 15 heteroatoms. The SMILES string of the molecule is COc1c(NC(=O)N[C@@H]2Cc3ccccc3[C@@H]2O)cc(S(F)(F)(F)(F)F)cc1[C@@H](O)C(F)(F)F. The van der Waals surface area contributed by atoms with Crippen LogP contribution >= 0.6 is 10.2 Å². The molecular weight excluding hydrogens is 504 g/mol. The maximum absolute atomic E-state index is 13.4. The summed E-state index contributed by atoms with van der Waals surface area (Å²) in [6, 6.07) is 3.37. The predicted octanol–water partition coefficient (Wildman–Crippen LogP) is 5.73. The third-order valence-corrected chi connectivity index (χ3v) is 6.23. The van der Waals surface area contributed by atoms with Crippen LogP contribution in [0.4, 0.5) is 43.1 Å². The zero-order chi connectivity index (χ0) is 25.8. The van der Waals surface area contributed by atoms with Crippen LogP contribution in [0.25, 0.3) is 0 Å². The van der Waals surface area contributed by atoms with Crippen LogP contribution in [0.3, 0.4) is 0 Å². The van der Waals surface area contributed by atoms with Crippen molar-refractivity contribution in [3.8, 4) is 5.75 Å². The van der Waals surface area contributed by atoms with E-state index >= 15 is 0 Å². The average Bonchev–Trinajstić information content (AvgIpc) is 3.00. The molecule has 190 valence electrons. The van der Waals surface area contributed by atoms with E-state index in [0.29, 0.717) is 18.2 Å². The van der Waals surface area contributed by atoms with E-state index in [4.69, 9.17) is 0 Å². The lowest BCUT2D eigenvalue weighted by Gasteiger charge is -2.41. The van der Waals surface area contributed by atoms with Gasteiger partial charge in [0, 0.05) is 5.56 Å². The minimum Gasteiger partial charge on any atom is -0.494 e. The minimum atomic E-state index is -10.6. The number of ether oxygens (including phenoxy) is 1. The Morgan fingerprint density at radius 2 is 1.76 bits per heavy atom. The number of amides is 2. The molecule has 2 amide bonds. The van der Waals surface area contributed by atoms with Gasteiger partial charge in [0.25, 0.3) is 0 Å². The summed E-state index contributed by atoms with van der Waals surface area (Å²) in [4.78, 5) is 9.62. The number of carbonyl (C=O) groups is 1. The van der Waals surface area contributed by atoms with E-state index in [0.717, 1.165) is 0 Å². The molecule has 0 heterocycles. The lowest BCUT2D eigenvalue weighted by Crippen LogP contribution is -2.40. The number of benzene rings is 2. The van der Waals surface area contributed by atoms with E-state index in [-0.39, 0.29) is 12.5 Å². The van der Waals surface area contributed by atoms with Crippen LogP contribution in [-0.4, -0.2) is 35.6 Å². The third-order valence-electron chi connectivity index (χ3n) is 5.10. The maximum Gasteiger partial charge on any atom is 0.418 e. The summed E-state index contributed by atoms with van der Waals surface area (Å²) < 4.78 is 111. The number of nitrogens with one attached hydrogen (secondary N) is 2. The third kappa shape index (κ3) is 5.31. The fourth-order valence-electron chi connectivity index (χ4n) is 3.58. The Balaban J connectivity index is 1.99. The minimum absolute atomic E-state index is 0.117. The van der Waals surface area contributed by atoms with Crippen molar-refractivity contribution in [2.75, 3.05) is 12.4 Å². The Bertz CT molecular complexity index is 1120. The molecule has 0 fully saturated rings. The lowest BCUT2D eigenvalue weighted by atomic mass is 10.1. The van der Waals surface area contributed by atoms with Gasteiger partial charge in [-0.25, -0.2) is 4.79 Å². The fourth-order valence-corrected chi connectivity index (χ4v) is 4.27. The van der Waals surface area contributed by atoms with Crippen LogP contribution in [0.1, 0.15) is 28.9 Å². The zero-order valence-electron chi connectivity index (χ0n) is 17.0. The van der Waals surface area contributed by atoms with E-state index in [9.17, 15) is 47.6 Å². The molecule has 34 heavy (non-hydrogen) atoms. The normalized spacial score (nSPS) is 21.1. The topological polar surface area (TPSA) is 90.8 Å². The van der Waals surface area contributed by atoms with Gasteiger partial charge >= 0.3 is 22.4 Å². The van der Waals surface area contributed by atoms with Crippen molar-refractivity contribution in [1.82, 2.24) is 5.32 Å². The van der Waals surface area contributed by atoms with E-state index in [1.807, 2.05) is 0 Å². The van der Waals surface area contributed by atoms with Gasteiger partial charge in [-0.1, -0.05) is 43.7 Å². The summed E-state index contributed by atoms with van der Waals surface area (Å²) in [5.41, 5.74) is -1.74. The second-order valence-electron chi connectivity index (χ2n) is 7.56. The molecule has 4 N–H and O–H groups in total. The summed E-state index contributed by atoms with van der Waals surface area (Å²) in [6.07, 6.45) is -10.3. The standard InChI is InChI=1S/C19H18F8N2O4S/c1-33-16-12(17(31)19(20,21)22)7-10(34(23,24,25,26)27)8-14(16)29-18(32)28-13-6-9-4-2-3-5-11(9)15(13)30/h2-5,7-8,13,15,17,30-31H,6H2,1H3,(H2,28,29,32)/t13-,15+,17-/m1/s1. The van der Waals surface area contributed by atoms with Crippen molar-refractivity contribution in [3.05, 3.63) is 53.1 Å². The first-order chi connectivity index (χ1) is 15.3. The maximum atomic E-state index is 13.4. The molecule has 0 spiro atoms. The smallest absolute Gasteiger partial charge is 0.418 e. The second-order valence-corrected chi connectivity index (χ2v) is 9.97. The lowest BCUT2D eigenvalue weighted by molar-refractivity contribution is -0.207. The van der Waals surface area contributed by atoms with Crippen LogP contribution in [0.15, 0.2) is 41.3 Å². The number of fused-ring (bicyclic) bond motifs is 1. The summed E-state index contributed by atoms with van der Waals surface area (Å²) >= 11 is 0. The summed E-state index contributed by atoms with van der Waals surface area (Å²) in [6.45, 7) is 0. The van der Waals surface area contributed by atoms with Gasteiger partial charge < -0.3 is 25.6 Å². The molecule has 6 nitrogen and oxygen atoms in total. The molecule has 0 radical (unpaired) electrons. The number of methoxy groups -OCH3 is 1. The molecule has 3 atom stereocenters. The second kappa shape index (κ2) is 7.61. The molecule has 2 aromatic rings. The predicted molar refractivity (Wildman–Crippen MR) is 106 cm³/mol. The van der Waals surface area contributed by atoms with Gasteiger partial charge in [0.15, 0.2) is 6.10 Å². The molecule has 0 saturated carbocycles. The summed E-state index contributed by atoms with van der Waals surface area (Å²) in [5.74, 6) is -1.11. The first-order valence-electron chi connectivity index (χ1n) is 9.36. The van der Waals surface area contributed by atoms with Gasteiger partial charge in [-0.15, -0.1) is 0 Å². The molecule has 0 saturated heterocycles. The van der Waals surface area contributed by atoms with Crippen molar-refractivity contribution < 1.29 is 52.3 Å². The monoisotopic (exact) mass is 522 g/mol. The molecule has 2 aromatic carbocycles. The average molecular weight is 522 g/mol. The Labute approximate surface area is 187 Å². The highest BCUT2D eigenvalue weighted by Gasteiger charge is 2.66. The van der Waals surface area contributed by atoms with Gasteiger partial charge in [0.2, 0.25) is 0 Å². The van der Waals surface area contributed by atoms with Crippen LogP contribution in [-0.2, 0) is 6.42 Å². The molecule has 0 aromatic heterocycles. The molecule has 0 unspecified atom stereocenters. The number of hydrogen-bond acceptors (Lipinski definition) is 4. The largest absolute Gasteiger partial charge is 0.494 e. The number of aliphatic hydroxyl groups is 2. The van der Waals surface area contributed by atoms with E-state index in [1.165, 1.54) is 0 Å². The van der Waals surface area contributed by atoms with Gasteiger partial charge in [0.1, 0.15) is 10.6 Å². The molecule has 1 aliphatic carbocycles. The number of halogens is 8. The number of urea groups is 1. The van der Waals surface area contributed by atoms with E-state index in [2.05, 4.69) is 10.1 Å². The van der Waals surface area contributed by atoms with Crippen molar-refractivity contribution in [3.63, 3.8) is 0 Å².